The molecule has 0 saturated carbocycles. The molecule has 1 aliphatic rings. The zero-order valence-electron chi connectivity index (χ0n) is 16.7. The monoisotopic (exact) mass is 418 g/mol. The lowest BCUT2D eigenvalue weighted by atomic mass is 10.1. The second kappa shape index (κ2) is 9.39. The molecule has 0 unspecified atom stereocenters. The van der Waals surface area contributed by atoms with Crippen molar-refractivity contribution in [3.05, 3.63) is 53.6 Å². The molecular weight excluding hydrogens is 392 g/mol. The summed E-state index contributed by atoms with van der Waals surface area (Å²) in [5.41, 5.74) is 1.59. The van der Waals surface area contributed by atoms with E-state index in [1.54, 1.807) is 36.4 Å². The number of ether oxygens (including phenoxy) is 2. The Morgan fingerprint density at radius 1 is 1.10 bits per heavy atom. The first kappa shape index (κ1) is 21.3. The maximum Gasteiger partial charge on any atom is 0.255 e. The van der Waals surface area contributed by atoms with Crippen LogP contribution in [0.1, 0.15) is 29.8 Å². The molecule has 1 heterocycles. The van der Waals surface area contributed by atoms with Gasteiger partial charge in [-0.1, -0.05) is 13.0 Å². The van der Waals surface area contributed by atoms with Gasteiger partial charge in [0.15, 0.2) is 0 Å². The van der Waals surface area contributed by atoms with Crippen LogP contribution in [0.15, 0.2) is 47.4 Å². The number of hydrogen-bond donors (Lipinski definition) is 1. The Kier molecular flexibility index (Phi) is 6.89. The first-order chi connectivity index (χ1) is 14.0. The van der Waals surface area contributed by atoms with E-state index >= 15 is 0 Å². The summed E-state index contributed by atoms with van der Waals surface area (Å²) in [6, 6.07) is 11.9. The molecule has 1 aliphatic heterocycles. The molecule has 29 heavy (non-hydrogen) atoms. The molecule has 8 heteroatoms. The minimum Gasteiger partial charge on any atom is -0.494 e. The smallest absolute Gasteiger partial charge is 0.255 e. The Bertz CT molecular complexity index is 952. The molecule has 0 aromatic heterocycles. The van der Waals surface area contributed by atoms with E-state index in [9.17, 15) is 13.2 Å². The van der Waals surface area contributed by atoms with Gasteiger partial charge in [-0.2, -0.15) is 4.31 Å². The van der Waals surface area contributed by atoms with Crippen LogP contribution >= 0.6 is 0 Å². The molecule has 3 rings (SSSR count). The van der Waals surface area contributed by atoms with Gasteiger partial charge in [0.2, 0.25) is 10.0 Å². The van der Waals surface area contributed by atoms with E-state index in [0.717, 1.165) is 5.75 Å². The van der Waals surface area contributed by atoms with E-state index in [1.165, 1.54) is 10.4 Å². The van der Waals surface area contributed by atoms with Gasteiger partial charge in [-0.25, -0.2) is 8.42 Å². The van der Waals surface area contributed by atoms with Gasteiger partial charge in [0.05, 0.1) is 24.7 Å². The molecule has 1 N–H and O–H groups in total. The third kappa shape index (κ3) is 4.95. The van der Waals surface area contributed by atoms with Crippen molar-refractivity contribution in [2.45, 2.75) is 25.2 Å². The molecule has 1 saturated heterocycles. The number of aryl methyl sites for hydroxylation is 1. The van der Waals surface area contributed by atoms with Crippen LogP contribution in [0.3, 0.4) is 0 Å². The van der Waals surface area contributed by atoms with Crippen molar-refractivity contribution in [3.8, 4) is 5.75 Å². The van der Waals surface area contributed by atoms with Crippen LogP contribution in [0, 0.1) is 0 Å². The molecule has 2 aromatic carbocycles. The largest absolute Gasteiger partial charge is 0.494 e. The van der Waals surface area contributed by atoms with Gasteiger partial charge < -0.3 is 14.8 Å². The molecular formula is C21H26N2O5S. The molecule has 0 radical (unpaired) electrons. The van der Waals surface area contributed by atoms with Gasteiger partial charge in [-0.3, -0.25) is 4.79 Å². The summed E-state index contributed by atoms with van der Waals surface area (Å²) < 4.78 is 38.3. The second-order valence-corrected chi connectivity index (χ2v) is 8.51. The second-order valence-electron chi connectivity index (χ2n) is 6.60. The number of benzene rings is 2. The highest BCUT2D eigenvalue weighted by molar-refractivity contribution is 7.89. The number of rotatable bonds is 7. The highest BCUT2D eigenvalue weighted by atomic mass is 32.2. The maximum absolute atomic E-state index is 13.1. The van der Waals surface area contributed by atoms with Crippen LogP contribution in [0.25, 0.3) is 0 Å². The lowest BCUT2D eigenvalue weighted by molar-refractivity contribution is 0.0730. The van der Waals surface area contributed by atoms with E-state index in [0.29, 0.717) is 56.1 Å². The third-order valence-electron chi connectivity index (χ3n) is 4.72. The molecule has 7 nitrogen and oxygen atoms in total. The Balaban J connectivity index is 1.84. The number of nitrogens with zero attached hydrogens (tertiary/aromatic N) is 1. The number of morpholine rings is 1. The summed E-state index contributed by atoms with van der Waals surface area (Å²) >= 11 is 0. The molecule has 1 amide bonds. The summed E-state index contributed by atoms with van der Waals surface area (Å²) in [6.45, 7) is 5.74. The van der Waals surface area contributed by atoms with Crippen LogP contribution in [-0.4, -0.2) is 51.5 Å². The Morgan fingerprint density at radius 3 is 2.41 bits per heavy atom. The van der Waals surface area contributed by atoms with Crippen molar-refractivity contribution in [2.24, 2.45) is 0 Å². The fourth-order valence-electron chi connectivity index (χ4n) is 3.16. The Morgan fingerprint density at radius 2 is 1.79 bits per heavy atom. The molecule has 0 aliphatic carbocycles. The number of carbonyl (C=O) groups excluding carboxylic acids is 1. The van der Waals surface area contributed by atoms with Crippen molar-refractivity contribution in [1.29, 1.82) is 0 Å². The zero-order valence-corrected chi connectivity index (χ0v) is 17.5. The highest BCUT2D eigenvalue weighted by Crippen LogP contribution is 2.24. The highest BCUT2D eigenvalue weighted by Gasteiger charge is 2.29. The number of sulfonamides is 1. The summed E-state index contributed by atoms with van der Waals surface area (Å²) in [6.07, 6.45) is 0.555. The SMILES string of the molecule is CCOc1ccc(NC(=O)c2ccc(CC)c(S(=O)(=O)N3CCOCC3)c2)cc1. The van der Waals surface area contributed by atoms with Crippen molar-refractivity contribution < 1.29 is 22.7 Å². The summed E-state index contributed by atoms with van der Waals surface area (Å²) in [4.78, 5) is 12.9. The van der Waals surface area contributed by atoms with Gasteiger partial charge in [0.1, 0.15) is 5.75 Å². The first-order valence-electron chi connectivity index (χ1n) is 9.70. The first-order valence-corrected chi connectivity index (χ1v) is 11.1. The quantitative estimate of drug-likeness (QED) is 0.747. The number of hydrogen-bond acceptors (Lipinski definition) is 5. The van der Waals surface area contributed by atoms with E-state index in [-0.39, 0.29) is 10.8 Å². The minimum absolute atomic E-state index is 0.182. The standard InChI is InChI=1S/C21H26N2O5S/c1-3-16-5-6-17(15-20(16)29(25,26)23-11-13-27-14-12-23)21(24)22-18-7-9-19(10-8-18)28-4-2/h5-10,15H,3-4,11-14H2,1-2H3,(H,22,24). The average Bonchev–Trinajstić information content (AvgIpc) is 2.75. The maximum atomic E-state index is 13.1. The fourth-order valence-corrected chi connectivity index (χ4v) is 4.89. The van der Waals surface area contributed by atoms with E-state index in [2.05, 4.69) is 5.32 Å². The molecule has 0 spiro atoms. The molecule has 1 fully saturated rings. The summed E-state index contributed by atoms with van der Waals surface area (Å²) in [7, 11) is -3.69. The molecule has 0 bridgehead atoms. The summed E-state index contributed by atoms with van der Waals surface area (Å²) in [5.74, 6) is 0.354. The van der Waals surface area contributed by atoms with E-state index in [4.69, 9.17) is 9.47 Å². The van der Waals surface area contributed by atoms with Crippen molar-refractivity contribution in [1.82, 2.24) is 4.31 Å². The number of anilines is 1. The number of nitrogens with one attached hydrogen (secondary N) is 1. The Hall–Kier alpha value is -2.42. The minimum atomic E-state index is -3.69. The van der Waals surface area contributed by atoms with Gasteiger partial charge in [-0.15, -0.1) is 0 Å². The number of amides is 1. The predicted octanol–water partition coefficient (Wildman–Crippen LogP) is 2.92. The summed E-state index contributed by atoms with van der Waals surface area (Å²) in [5, 5.41) is 2.80. The lowest BCUT2D eigenvalue weighted by Crippen LogP contribution is -2.41. The van der Waals surface area contributed by atoms with Gasteiger partial charge >= 0.3 is 0 Å². The average molecular weight is 419 g/mol. The third-order valence-corrected chi connectivity index (χ3v) is 6.70. The van der Waals surface area contributed by atoms with Crippen molar-refractivity contribution >= 4 is 21.6 Å². The normalized spacial score (nSPS) is 15.1. The van der Waals surface area contributed by atoms with Gasteiger partial charge in [0.25, 0.3) is 5.91 Å². The van der Waals surface area contributed by atoms with Crippen molar-refractivity contribution in [2.75, 3.05) is 38.2 Å². The molecule has 2 aromatic rings. The van der Waals surface area contributed by atoms with Crippen LogP contribution in [0.4, 0.5) is 5.69 Å². The van der Waals surface area contributed by atoms with Crippen LogP contribution in [0.2, 0.25) is 0 Å². The number of carbonyl (C=O) groups is 1. The Labute approximate surface area is 171 Å². The predicted molar refractivity (Wildman–Crippen MR) is 111 cm³/mol. The van der Waals surface area contributed by atoms with E-state index in [1.807, 2.05) is 13.8 Å². The lowest BCUT2D eigenvalue weighted by Gasteiger charge is -2.27. The fraction of sp³-hybridized carbons (Fsp3) is 0.381. The van der Waals surface area contributed by atoms with Gasteiger partial charge in [0, 0.05) is 24.3 Å². The van der Waals surface area contributed by atoms with Gasteiger partial charge in [-0.05, 0) is 55.3 Å². The zero-order chi connectivity index (χ0) is 20.9. The van der Waals surface area contributed by atoms with Crippen molar-refractivity contribution in [3.63, 3.8) is 0 Å². The topological polar surface area (TPSA) is 84.9 Å². The molecule has 0 atom stereocenters. The van der Waals surface area contributed by atoms with Crippen LogP contribution in [-0.2, 0) is 21.2 Å². The van der Waals surface area contributed by atoms with Crippen LogP contribution in [0.5, 0.6) is 5.75 Å². The van der Waals surface area contributed by atoms with E-state index < -0.39 is 10.0 Å². The molecule has 156 valence electrons. The van der Waals surface area contributed by atoms with Crippen LogP contribution < -0.4 is 10.1 Å².